The first kappa shape index (κ1) is 19.7. The smallest absolute Gasteiger partial charge is 0.353 e. The van der Waals surface area contributed by atoms with Gasteiger partial charge in [-0.25, -0.2) is 0 Å². The van der Waals surface area contributed by atoms with Gasteiger partial charge in [-0.1, -0.05) is 18.2 Å². The monoisotopic (exact) mass is 357 g/mol. The highest BCUT2D eigenvalue weighted by Gasteiger charge is 2.31. The quantitative estimate of drug-likeness (QED) is 0.880. The maximum absolute atomic E-state index is 12.8. The Labute approximate surface area is 147 Å². The van der Waals surface area contributed by atoms with Gasteiger partial charge in [-0.05, 0) is 32.4 Å². The standard InChI is InChI=1S/C18H26F3N3O/c1-13(2)22-17(25)14(3)24-9-7-23(8-10-24)12-15-5-4-6-16(11-15)18(19,20)21/h4-6,11,13-14H,7-10,12H2,1-3H3,(H,22,25). The van der Waals surface area contributed by atoms with Crippen LogP contribution in [-0.2, 0) is 17.5 Å². The zero-order valence-corrected chi connectivity index (χ0v) is 14.9. The van der Waals surface area contributed by atoms with Crippen molar-refractivity contribution in [2.75, 3.05) is 26.2 Å². The Hall–Kier alpha value is -1.60. The molecule has 1 N–H and O–H groups in total. The molecule has 1 aliphatic heterocycles. The van der Waals surface area contributed by atoms with Crippen molar-refractivity contribution < 1.29 is 18.0 Å². The van der Waals surface area contributed by atoms with E-state index in [2.05, 4.69) is 15.1 Å². The highest BCUT2D eigenvalue weighted by atomic mass is 19.4. The normalized spacial score (nSPS) is 18.4. The molecule has 2 rings (SSSR count). The lowest BCUT2D eigenvalue weighted by Crippen LogP contribution is -2.54. The minimum absolute atomic E-state index is 0.0151. The first-order valence-corrected chi connectivity index (χ1v) is 8.59. The van der Waals surface area contributed by atoms with E-state index in [1.807, 2.05) is 20.8 Å². The molecule has 7 heteroatoms. The third kappa shape index (κ3) is 5.71. The summed E-state index contributed by atoms with van der Waals surface area (Å²) in [6.45, 7) is 9.15. The summed E-state index contributed by atoms with van der Waals surface area (Å²) >= 11 is 0. The van der Waals surface area contributed by atoms with Crippen LogP contribution in [0.15, 0.2) is 24.3 Å². The van der Waals surface area contributed by atoms with E-state index in [1.54, 1.807) is 6.07 Å². The van der Waals surface area contributed by atoms with Gasteiger partial charge in [-0.2, -0.15) is 13.2 Å². The van der Waals surface area contributed by atoms with Gasteiger partial charge in [0.25, 0.3) is 0 Å². The van der Waals surface area contributed by atoms with Gasteiger partial charge in [-0.15, -0.1) is 0 Å². The lowest BCUT2D eigenvalue weighted by atomic mass is 10.1. The minimum atomic E-state index is -4.31. The maximum Gasteiger partial charge on any atom is 0.416 e. The van der Waals surface area contributed by atoms with Crippen molar-refractivity contribution in [3.8, 4) is 0 Å². The van der Waals surface area contributed by atoms with E-state index >= 15 is 0 Å². The van der Waals surface area contributed by atoms with Gasteiger partial charge in [0.05, 0.1) is 11.6 Å². The van der Waals surface area contributed by atoms with Crippen molar-refractivity contribution in [3.63, 3.8) is 0 Å². The number of carbonyl (C=O) groups is 1. The number of hydrogen-bond acceptors (Lipinski definition) is 3. The van der Waals surface area contributed by atoms with E-state index in [-0.39, 0.29) is 18.0 Å². The number of halogens is 3. The predicted molar refractivity (Wildman–Crippen MR) is 91.0 cm³/mol. The van der Waals surface area contributed by atoms with Crippen LogP contribution in [0.4, 0.5) is 13.2 Å². The summed E-state index contributed by atoms with van der Waals surface area (Å²) in [4.78, 5) is 16.3. The number of alkyl halides is 3. The molecule has 1 aliphatic rings. The zero-order chi connectivity index (χ0) is 18.6. The molecule has 1 heterocycles. The summed E-state index contributed by atoms with van der Waals surface area (Å²) < 4.78 is 38.4. The number of rotatable bonds is 5. The fraction of sp³-hybridized carbons (Fsp3) is 0.611. The van der Waals surface area contributed by atoms with Crippen molar-refractivity contribution in [3.05, 3.63) is 35.4 Å². The lowest BCUT2D eigenvalue weighted by molar-refractivity contribution is -0.137. The van der Waals surface area contributed by atoms with Crippen LogP contribution in [0.25, 0.3) is 0 Å². The van der Waals surface area contributed by atoms with Crippen molar-refractivity contribution in [2.24, 2.45) is 0 Å². The predicted octanol–water partition coefficient (Wildman–Crippen LogP) is 2.74. The Balaban J connectivity index is 1.87. The second-order valence-corrected chi connectivity index (χ2v) is 6.85. The third-order valence-corrected chi connectivity index (χ3v) is 4.43. The number of benzene rings is 1. The molecule has 0 aliphatic carbocycles. The van der Waals surface area contributed by atoms with Gasteiger partial charge < -0.3 is 5.32 Å². The largest absolute Gasteiger partial charge is 0.416 e. The fourth-order valence-electron chi connectivity index (χ4n) is 2.98. The molecule has 0 spiro atoms. The minimum Gasteiger partial charge on any atom is -0.353 e. The highest BCUT2D eigenvalue weighted by Crippen LogP contribution is 2.29. The van der Waals surface area contributed by atoms with E-state index in [9.17, 15) is 18.0 Å². The molecule has 1 atom stereocenters. The Morgan fingerprint density at radius 3 is 2.36 bits per heavy atom. The summed E-state index contributed by atoms with van der Waals surface area (Å²) in [5.74, 6) is 0.0151. The Bertz CT molecular complexity index is 581. The van der Waals surface area contributed by atoms with Crippen molar-refractivity contribution >= 4 is 5.91 Å². The van der Waals surface area contributed by atoms with Gasteiger partial charge >= 0.3 is 6.18 Å². The Morgan fingerprint density at radius 1 is 1.16 bits per heavy atom. The topological polar surface area (TPSA) is 35.6 Å². The van der Waals surface area contributed by atoms with Crippen LogP contribution in [0.1, 0.15) is 31.9 Å². The maximum atomic E-state index is 12.8. The van der Waals surface area contributed by atoms with Gasteiger partial charge in [0, 0.05) is 38.8 Å². The van der Waals surface area contributed by atoms with E-state index in [0.29, 0.717) is 12.1 Å². The van der Waals surface area contributed by atoms with E-state index in [4.69, 9.17) is 0 Å². The average molecular weight is 357 g/mol. The first-order valence-electron chi connectivity index (χ1n) is 8.59. The highest BCUT2D eigenvalue weighted by molar-refractivity contribution is 5.81. The molecule has 1 aromatic carbocycles. The van der Waals surface area contributed by atoms with Gasteiger partial charge in [0.15, 0.2) is 0 Å². The molecule has 4 nitrogen and oxygen atoms in total. The summed E-state index contributed by atoms with van der Waals surface area (Å²) in [5.41, 5.74) is 0.0523. The molecule has 1 aromatic rings. The Morgan fingerprint density at radius 2 is 1.80 bits per heavy atom. The molecule has 0 bridgehead atoms. The number of hydrogen-bond donors (Lipinski definition) is 1. The van der Waals surface area contributed by atoms with Crippen LogP contribution in [0, 0.1) is 0 Å². The van der Waals surface area contributed by atoms with Crippen LogP contribution in [0.5, 0.6) is 0 Å². The number of amides is 1. The molecular weight excluding hydrogens is 331 g/mol. The van der Waals surface area contributed by atoms with Crippen LogP contribution < -0.4 is 5.32 Å². The molecule has 25 heavy (non-hydrogen) atoms. The average Bonchev–Trinajstić information content (AvgIpc) is 2.54. The Kier molecular flexibility index (Phi) is 6.46. The van der Waals surface area contributed by atoms with Crippen molar-refractivity contribution in [1.82, 2.24) is 15.1 Å². The van der Waals surface area contributed by atoms with Crippen LogP contribution in [-0.4, -0.2) is 54.0 Å². The lowest BCUT2D eigenvalue weighted by Gasteiger charge is -2.37. The van der Waals surface area contributed by atoms with Gasteiger partial charge in [0.2, 0.25) is 5.91 Å². The van der Waals surface area contributed by atoms with Crippen LogP contribution in [0.3, 0.4) is 0 Å². The number of carbonyl (C=O) groups excluding carboxylic acids is 1. The summed E-state index contributed by atoms with van der Waals surface area (Å²) in [6, 6.07) is 5.39. The SMILES string of the molecule is CC(C)NC(=O)C(C)N1CCN(Cc2cccc(C(F)(F)F)c2)CC1. The first-order chi connectivity index (χ1) is 11.7. The molecule has 1 amide bonds. The second-order valence-electron chi connectivity index (χ2n) is 6.85. The van der Waals surface area contributed by atoms with Gasteiger partial charge in [-0.3, -0.25) is 14.6 Å². The third-order valence-electron chi connectivity index (χ3n) is 4.43. The summed E-state index contributed by atoms with van der Waals surface area (Å²) in [5, 5.41) is 2.91. The molecule has 0 aromatic heterocycles. The number of nitrogens with one attached hydrogen (secondary N) is 1. The fourth-order valence-corrected chi connectivity index (χ4v) is 2.98. The second kappa shape index (κ2) is 8.19. The summed E-state index contributed by atoms with van der Waals surface area (Å²) in [7, 11) is 0. The molecular formula is C18H26F3N3O. The molecule has 1 fully saturated rings. The molecule has 140 valence electrons. The van der Waals surface area contributed by atoms with E-state index in [0.717, 1.165) is 32.2 Å². The molecule has 1 unspecified atom stereocenters. The van der Waals surface area contributed by atoms with Crippen molar-refractivity contribution in [2.45, 2.75) is 45.6 Å². The van der Waals surface area contributed by atoms with Gasteiger partial charge in [0.1, 0.15) is 0 Å². The van der Waals surface area contributed by atoms with Crippen LogP contribution >= 0.6 is 0 Å². The zero-order valence-electron chi connectivity index (χ0n) is 14.9. The van der Waals surface area contributed by atoms with Crippen LogP contribution in [0.2, 0.25) is 0 Å². The summed E-state index contributed by atoms with van der Waals surface area (Å²) in [6.07, 6.45) is -4.31. The van der Waals surface area contributed by atoms with E-state index < -0.39 is 11.7 Å². The number of nitrogens with zero attached hydrogens (tertiary/aromatic N) is 2. The van der Waals surface area contributed by atoms with E-state index in [1.165, 1.54) is 12.1 Å². The van der Waals surface area contributed by atoms with Crippen molar-refractivity contribution in [1.29, 1.82) is 0 Å². The molecule has 1 saturated heterocycles. The molecule has 0 radical (unpaired) electrons. The number of piperazine rings is 1. The molecule has 0 saturated carbocycles.